The lowest BCUT2D eigenvalue weighted by atomic mass is 9.93. The normalized spacial score (nSPS) is 27.1. The van der Waals surface area contributed by atoms with Crippen molar-refractivity contribution in [2.45, 2.75) is 188 Å². The molecule has 0 unspecified atom stereocenters. The summed E-state index contributed by atoms with van der Waals surface area (Å²) >= 11 is 0. The minimum Gasteiger partial charge on any atom is -0.508 e. The van der Waals surface area contributed by atoms with Crippen molar-refractivity contribution in [1.29, 1.82) is 0 Å². The van der Waals surface area contributed by atoms with Crippen LogP contribution in [0, 0.1) is 29.6 Å². The van der Waals surface area contributed by atoms with E-state index in [2.05, 4.69) is 37.2 Å². The Kier molecular flexibility index (Phi) is 22.2. The summed E-state index contributed by atoms with van der Waals surface area (Å²) in [7, 11) is 0. The second kappa shape index (κ2) is 28.0. The molecule has 0 aliphatic carbocycles. The van der Waals surface area contributed by atoms with Crippen molar-refractivity contribution in [3.63, 3.8) is 0 Å². The average Bonchev–Trinajstić information content (AvgIpc) is 4.09. The minimum atomic E-state index is -1.33. The molecule has 11 atom stereocenters. The Hall–Kier alpha value is -6.53. The summed E-state index contributed by atoms with van der Waals surface area (Å²) in [6, 6.07) is 4.83. The molecule has 3 fully saturated rings. The van der Waals surface area contributed by atoms with Crippen molar-refractivity contribution in [2.75, 3.05) is 13.1 Å². The van der Waals surface area contributed by atoms with Crippen molar-refractivity contribution in [2.24, 2.45) is 29.6 Å². The number of hydrogen-bond donors (Lipinski definition) is 8. The fourth-order valence-corrected chi connectivity index (χ4v) is 10.2. The van der Waals surface area contributed by atoms with Crippen LogP contribution in [0.15, 0.2) is 54.6 Å². The summed E-state index contributed by atoms with van der Waals surface area (Å²) in [5.74, 6) is -7.09. The molecule has 0 spiro atoms. The molecule has 3 aliphatic heterocycles. The highest BCUT2D eigenvalue weighted by atomic mass is 16.3. The van der Waals surface area contributed by atoms with Gasteiger partial charge < -0.3 is 52.1 Å². The van der Waals surface area contributed by atoms with Gasteiger partial charge >= 0.3 is 0 Å². The molecule has 19 nitrogen and oxygen atoms in total. The molecular formula is C57H85N9O10. The number of carbonyl (C=O) groups excluding carboxylic acids is 9. The molecule has 0 radical (unpaired) electrons. The molecule has 0 aromatic heterocycles. The first-order valence-electron chi connectivity index (χ1n) is 27.6. The molecule has 19 heteroatoms. The van der Waals surface area contributed by atoms with Crippen LogP contribution >= 0.6 is 0 Å². The molecule has 8 N–H and O–H groups in total. The minimum absolute atomic E-state index is 0.00826. The van der Waals surface area contributed by atoms with Crippen molar-refractivity contribution in [1.82, 2.24) is 47.0 Å². The van der Waals surface area contributed by atoms with E-state index < -0.39 is 125 Å². The Morgan fingerprint density at radius 2 is 0.855 bits per heavy atom. The largest absolute Gasteiger partial charge is 0.508 e. The fraction of sp³-hybridized carbons (Fsp3) is 0.632. The second-order valence-corrected chi connectivity index (χ2v) is 22.4. The topological polar surface area (TPSA) is 265 Å². The maximum Gasteiger partial charge on any atom is 0.246 e. The van der Waals surface area contributed by atoms with Gasteiger partial charge in [0.2, 0.25) is 53.2 Å². The van der Waals surface area contributed by atoms with Gasteiger partial charge in [-0.15, -0.1) is 0 Å². The first kappa shape index (κ1) is 60.3. The first-order valence-corrected chi connectivity index (χ1v) is 27.6. The molecule has 3 aliphatic rings. The molecule has 3 saturated heterocycles. The molecular weight excluding hydrogens is 971 g/mol. The highest BCUT2D eigenvalue weighted by Crippen LogP contribution is 2.27. The first-order chi connectivity index (χ1) is 36.0. The predicted octanol–water partition coefficient (Wildman–Crippen LogP) is 3.41. The molecule has 76 heavy (non-hydrogen) atoms. The van der Waals surface area contributed by atoms with Crippen LogP contribution < -0.4 is 37.2 Å². The number of hydrogen-bond acceptors (Lipinski definition) is 10. The van der Waals surface area contributed by atoms with E-state index >= 15 is 0 Å². The van der Waals surface area contributed by atoms with Gasteiger partial charge in [0.15, 0.2) is 0 Å². The lowest BCUT2D eigenvalue weighted by Gasteiger charge is -2.35. The Labute approximate surface area is 449 Å². The van der Waals surface area contributed by atoms with Crippen LogP contribution in [0.3, 0.4) is 0 Å². The molecule has 0 bridgehead atoms. The van der Waals surface area contributed by atoms with E-state index in [0.29, 0.717) is 43.2 Å². The van der Waals surface area contributed by atoms with Crippen LogP contribution in [0.25, 0.3) is 0 Å². The molecule has 418 valence electrons. The van der Waals surface area contributed by atoms with E-state index in [-0.39, 0.29) is 62.8 Å². The van der Waals surface area contributed by atoms with Gasteiger partial charge in [-0.25, -0.2) is 0 Å². The van der Waals surface area contributed by atoms with Crippen LogP contribution in [-0.4, -0.2) is 136 Å². The van der Waals surface area contributed by atoms with Gasteiger partial charge in [-0.05, 0) is 91.4 Å². The number of phenolic OH excluding ortho intramolecular Hbond substituents is 1. The van der Waals surface area contributed by atoms with Gasteiger partial charge in [0.05, 0.1) is 0 Å². The van der Waals surface area contributed by atoms with Crippen LogP contribution in [0.4, 0.5) is 0 Å². The molecule has 0 saturated carbocycles. The third-order valence-corrected chi connectivity index (χ3v) is 15.1. The van der Waals surface area contributed by atoms with E-state index in [1.807, 2.05) is 47.6 Å². The standard InChI is InChI=1S/C57H85N9O10/c1-11-35(9)47-54(73)61-41(29-33(5)6)51(70)62-46(34(7)8)57(76)66-27-17-21-45(66)56(75)65-26-16-20-44(65)53(72)60-43(30-37-18-14-13-15-19-37)50(69)59-42(31-38-22-24-39(67)25-23-38)49(68)58-40(28-32(3)4)52(71)63-48(36(10)12-2)55(74)64-47/h13-15,18-19,22-25,32-36,40-48,67H,11-12,16-17,20-21,26-31H2,1-10H3,(H,58,68)(H,59,69)(H,60,72)(H,61,73)(H,62,70)(H,63,71)(H,64,74)/t35-,36-,40-,41-,42-,43-,44-,45-,46-,47-,48-/m0/s1. The number of fused-ring (bicyclic) bond motifs is 2. The van der Waals surface area contributed by atoms with Crippen molar-refractivity contribution in [3.05, 3.63) is 65.7 Å². The van der Waals surface area contributed by atoms with Crippen molar-refractivity contribution < 1.29 is 48.3 Å². The van der Waals surface area contributed by atoms with Gasteiger partial charge in [-0.3, -0.25) is 43.2 Å². The molecule has 5 rings (SSSR count). The van der Waals surface area contributed by atoms with Crippen LogP contribution in [-0.2, 0) is 56.0 Å². The number of carbonyl (C=O) groups is 9. The summed E-state index contributed by atoms with van der Waals surface area (Å²) in [5, 5.41) is 30.3. The Bertz CT molecular complexity index is 2350. The zero-order valence-corrected chi connectivity index (χ0v) is 46.3. The Balaban J connectivity index is 1.61. The summed E-state index contributed by atoms with van der Waals surface area (Å²) in [5.41, 5.74) is 1.26. The lowest BCUT2D eigenvalue weighted by Crippen LogP contribution is -2.62. The maximum atomic E-state index is 14.8. The summed E-state index contributed by atoms with van der Waals surface area (Å²) in [6.07, 6.45) is 2.73. The number of rotatable bonds is 13. The monoisotopic (exact) mass is 1060 g/mol. The second-order valence-electron chi connectivity index (χ2n) is 22.4. The van der Waals surface area contributed by atoms with Crippen LogP contribution in [0.2, 0.25) is 0 Å². The number of aromatic hydroxyl groups is 1. The van der Waals surface area contributed by atoms with Gasteiger partial charge in [-0.2, -0.15) is 0 Å². The van der Waals surface area contributed by atoms with E-state index in [4.69, 9.17) is 0 Å². The number of nitrogens with zero attached hydrogens (tertiary/aromatic N) is 2. The number of benzene rings is 2. The third kappa shape index (κ3) is 16.2. The van der Waals surface area contributed by atoms with Gasteiger partial charge in [0.25, 0.3) is 0 Å². The molecule has 2 aromatic rings. The highest BCUT2D eigenvalue weighted by Gasteiger charge is 2.45. The van der Waals surface area contributed by atoms with Gasteiger partial charge in [-0.1, -0.05) is 125 Å². The van der Waals surface area contributed by atoms with E-state index in [0.717, 1.165) is 0 Å². The van der Waals surface area contributed by atoms with Crippen LogP contribution in [0.1, 0.15) is 132 Å². The van der Waals surface area contributed by atoms with Gasteiger partial charge in [0, 0.05) is 25.9 Å². The van der Waals surface area contributed by atoms with Gasteiger partial charge in [0.1, 0.15) is 60.1 Å². The lowest BCUT2D eigenvalue weighted by molar-refractivity contribution is -0.148. The summed E-state index contributed by atoms with van der Waals surface area (Å²) < 4.78 is 0. The summed E-state index contributed by atoms with van der Waals surface area (Å²) in [4.78, 5) is 134. The van der Waals surface area contributed by atoms with Crippen molar-refractivity contribution in [3.8, 4) is 5.75 Å². The predicted molar refractivity (Wildman–Crippen MR) is 288 cm³/mol. The smallest absolute Gasteiger partial charge is 0.246 e. The average molecular weight is 1060 g/mol. The molecule has 2 aromatic carbocycles. The van der Waals surface area contributed by atoms with E-state index in [9.17, 15) is 48.3 Å². The number of amides is 9. The fourth-order valence-electron chi connectivity index (χ4n) is 10.2. The Morgan fingerprint density at radius 3 is 1.34 bits per heavy atom. The number of phenols is 1. The van der Waals surface area contributed by atoms with E-state index in [1.54, 1.807) is 64.1 Å². The SMILES string of the molecule is CC[C@H](C)[C@@H]1NC(=O)[C@H](CC(C)C)NC(=O)[C@H](Cc2ccc(O)cc2)NC(=O)[C@H](Cc2ccccc2)NC(=O)[C@@H]2CCCN2C(=O)[C@@H]2CCCN2C(=O)[C@H](C(C)C)NC(=O)[C@H](CC(C)C)NC(=O)[C@H]([C@@H](C)CC)NC1=O. The third-order valence-electron chi connectivity index (χ3n) is 15.1. The maximum absolute atomic E-state index is 14.8. The summed E-state index contributed by atoms with van der Waals surface area (Å²) in [6.45, 7) is 18.8. The Morgan fingerprint density at radius 1 is 0.461 bits per heavy atom. The van der Waals surface area contributed by atoms with Crippen LogP contribution in [0.5, 0.6) is 5.75 Å². The highest BCUT2D eigenvalue weighted by molar-refractivity contribution is 5.99. The van der Waals surface area contributed by atoms with E-state index in [1.165, 1.54) is 21.9 Å². The zero-order valence-electron chi connectivity index (χ0n) is 46.3. The quantitative estimate of drug-likeness (QED) is 0.145. The zero-order chi connectivity index (χ0) is 56.0. The molecule has 9 amide bonds. The number of nitrogens with one attached hydrogen (secondary N) is 7. The molecule has 3 heterocycles. The van der Waals surface area contributed by atoms with Crippen molar-refractivity contribution >= 4 is 53.2 Å².